The molecule has 1 saturated heterocycles. The number of aliphatic hydroxyl groups excluding tert-OH is 2. The second-order valence-electron chi connectivity index (χ2n) is 9.31. The van der Waals surface area contributed by atoms with Crippen LogP contribution in [0.3, 0.4) is 0 Å². The average molecular weight is 476 g/mol. The van der Waals surface area contributed by atoms with Crippen molar-refractivity contribution in [3.05, 3.63) is 11.8 Å². The first-order chi connectivity index (χ1) is 15.6. The highest BCUT2D eigenvalue weighted by Crippen LogP contribution is 2.31. The zero-order valence-corrected chi connectivity index (χ0v) is 19.6. The molecule has 7 unspecified atom stereocenters. The predicted molar refractivity (Wildman–Crippen MR) is 120 cm³/mol. The summed E-state index contributed by atoms with van der Waals surface area (Å²) < 4.78 is 23.6. The van der Waals surface area contributed by atoms with Gasteiger partial charge < -0.3 is 62.1 Å². The molecule has 12 heteroatoms. The first-order valence-corrected chi connectivity index (χ1v) is 11.6. The lowest BCUT2D eigenvalue weighted by molar-refractivity contribution is -0.304. The van der Waals surface area contributed by atoms with Crippen LogP contribution in [0.25, 0.3) is 0 Å². The summed E-state index contributed by atoms with van der Waals surface area (Å²) in [6.07, 6.45) is -3.05. The minimum Gasteiger partial charge on any atom is -0.467 e. The Hall–Kier alpha value is -0.900. The molecule has 3 rings (SSSR count). The molecular formula is C21H41N5O7. The summed E-state index contributed by atoms with van der Waals surface area (Å²) in [5.74, 6) is 0.572. The fourth-order valence-corrected chi connectivity index (χ4v) is 4.86. The highest BCUT2D eigenvalue weighted by molar-refractivity contribution is 5.05. The standard InChI is InChI=1S/C21H41N5O7/c1-4-26-13-7-12(24)16(32-19-11(23)6-5-10(8-22)31-19)14(27)17(13)33-20-15(28)18(25-3)21(2,29)9-30-20/h5,11-20,25-29H,4,6-9,22-24H2,1-3H3/t11?,12-,13+,14?,15?,16?,17+,18+,19?,20?,21?/m1/s1. The smallest absolute Gasteiger partial charge is 0.215 e. The number of rotatable bonds is 8. The molecule has 11 atom stereocenters. The molecule has 11 N–H and O–H groups in total. The predicted octanol–water partition coefficient (Wildman–Crippen LogP) is -3.20. The SMILES string of the molecule is CCN[C@H]1C[C@@H](N)C(OC2OC(CN)=CCC2N)C(O)[C@H]1OC1OCC(C)(O)[C@@H](NC)C1O. The fourth-order valence-electron chi connectivity index (χ4n) is 4.86. The highest BCUT2D eigenvalue weighted by atomic mass is 16.7. The van der Waals surface area contributed by atoms with Crippen LogP contribution in [-0.4, -0.2) is 109 Å². The summed E-state index contributed by atoms with van der Waals surface area (Å²) in [6, 6.07) is -1.95. The monoisotopic (exact) mass is 475 g/mol. The maximum atomic E-state index is 11.3. The molecule has 12 nitrogen and oxygen atoms in total. The molecule has 2 fully saturated rings. The lowest BCUT2D eigenvalue weighted by Gasteiger charge is -2.49. The van der Waals surface area contributed by atoms with Gasteiger partial charge in [-0.2, -0.15) is 0 Å². The van der Waals surface area contributed by atoms with Gasteiger partial charge in [-0.3, -0.25) is 0 Å². The molecule has 0 radical (unpaired) electrons. The number of aliphatic hydroxyl groups is 3. The van der Waals surface area contributed by atoms with E-state index in [1.807, 2.05) is 13.0 Å². The van der Waals surface area contributed by atoms with Crippen LogP contribution in [0, 0.1) is 0 Å². The number of likely N-dealkylation sites (N-methyl/N-ethyl adjacent to an activating group) is 2. The van der Waals surface area contributed by atoms with Crippen LogP contribution in [0.4, 0.5) is 0 Å². The van der Waals surface area contributed by atoms with Crippen LogP contribution in [0.1, 0.15) is 26.7 Å². The van der Waals surface area contributed by atoms with Crippen LogP contribution in [0.15, 0.2) is 11.8 Å². The van der Waals surface area contributed by atoms with Crippen molar-refractivity contribution in [2.45, 2.75) is 93.5 Å². The molecule has 1 saturated carbocycles. The van der Waals surface area contributed by atoms with Crippen molar-refractivity contribution in [3.63, 3.8) is 0 Å². The van der Waals surface area contributed by atoms with Gasteiger partial charge in [0.1, 0.15) is 35.8 Å². The quantitative estimate of drug-likeness (QED) is 0.175. The van der Waals surface area contributed by atoms with E-state index in [4.69, 9.17) is 36.1 Å². The molecule has 2 heterocycles. The second-order valence-corrected chi connectivity index (χ2v) is 9.31. The minimum atomic E-state index is -1.28. The van der Waals surface area contributed by atoms with E-state index in [2.05, 4.69) is 10.6 Å². The molecule has 192 valence electrons. The highest BCUT2D eigenvalue weighted by Gasteiger charge is 2.51. The summed E-state index contributed by atoms with van der Waals surface area (Å²) in [6.45, 7) is 4.30. The molecule has 2 aliphatic heterocycles. The van der Waals surface area contributed by atoms with E-state index in [-0.39, 0.29) is 19.2 Å². The van der Waals surface area contributed by atoms with Gasteiger partial charge in [-0.1, -0.05) is 6.92 Å². The van der Waals surface area contributed by atoms with Crippen LogP contribution in [-0.2, 0) is 18.9 Å². The van der Waals surface area contributed by atoms with Crippen molar-refractivity contribution in [3.8, 4) is 0 Å². The Morgan fingerprint density at radius 1 is 1.15 bits per heavy atom. The van der Waals surface area contributed by atoms with E-state index in [1.54, 1.807) is 14.0 Å². The third kappa shape index (κ3) is 5.85. The van der Waals surface area contributed by atoms with E-state index in [9.17, 15) is 15.3 Å². The third-order valence-corrected chi connectivity index (χ3v) is 6.64. The number of ether oxygens (including phenoxy) is 4. The largest absolute Gasteiger partial charge is 0.467 e. The summed E-state index contributed by atoms with van der Waals surface area (Å²) in [4.78, 5) is 0. The lowest BCUT2D eigenvalue weighted by Crippen LogP contribution is -2.69. The molecule has 3 aliphatic rings. The Bertz CT molecular complexity index is 669. The third-order valence-electron chi connectivity index (χ3n) is 6.64. The first-order valence-electron chi connectivity index (χ1n) is 11.6. The van der Waals surface area contributed by atoms with Crippen molar-refractivity contribution >= 4 is 0 Å². The van der Waals surface area contributed by atoms with Crippen molar-refractivity contribution in [2.24, 2.45) is 17.2 Å². The molecule has 0 spiro atoms. The van der Waals surface area contributed by atoms with Gasteiger partial charge in [0, 0.05) is 12.1 Å². The molecule has 33 heavy (non-hydrogen) atoms. The molecule has 0 aromatic heterocycles. The van der Waals surface area contributed by atoms with Crippen LogP contribution >= 0.6 is 0 Å². The van der Waals surface area contributed by atoms with E-state index < -0.39 is 60.7 Å². The van der Waals surface area contributed by atoms with E-state index in [0.29, 0.717) is 25.1 Å². The Labute approximate surface area is 194 Å². The van der Waals surface area contributed by atoms with Gasteiger partial charge in [0.15, 0.2) is 6.29 Å². The topological polar surface area (TPSA) is 200 Å². The number of nitrogens with one attached hydrogen (secondary N) is 2. The van der Waals surface area contributed by atoms with Crippen molar-refractivity contribution in [1.82, 2.24) is 10.6 Å². The van der Waals surface area contributed by atoms with Gasteiger partial charge in [-0.25, -0.2) is 0 Å². The molecule has 1 aliphatic carbocycles. The maximum Gasteiger partial charge on any atom is 0.215 e. The summed E-state index contributed by atoms with van der Waals surface area (Å²) in [5.41, 5.74) is 16.9. The molecule has 0 aromatic rings. The summed E-state index contributed by atoms with van der Waals surface area (Å²) >= 11 is 0. The Morgan fingerprint density at radius 2 is 1.85 bits per heavy atom. The van der Waals surface area contributed by atoms with Crippen LogP contribution < -0.4 is 27.8 Å². The van der Waals surface area contributed by atoms with Crippen molar-refractivity contribution in [2.75, 3.05) is 26.7 Å². The van der Waals surface area contributed by atoms with Crippen molar-refractivity contribution < 1.29 is 34.3 Å². The van der Waals surface area contributed by atoms with E-state index >= 15 is 0 Å². The molecule has 0 aromatic carbocycles. The van der Waals surface area contributed by atoms with Crippen LogP contribution in [0.2, 0.25) is 0 Å². The molecule has 0 bridgehead atoms. The van der Waals surface area contributed by atoms with Gasteiger partial charge in [-0.15, -0.1) is 0 Å². The Balaban J connectivity index is 1.75. The Kier molecular flexibility index (Phi) is 9.08. The fraction of sp³-hybridized carbons (Fsp3) is 0.905. The molecular weight excluding hydrogens is 434 g/mol. The van der Waals surface area contributed by atoms with E-state index in [1.165, 1.54) is 0 Å². The van der Waals surface area contributed by atoms with Crippen molar-refractivity contribution in [1.29, 1.82) is 0 Å². The maximum absolute atomic E-state index is 11.3. The minimum absolute atomic E-state index is 0.0483. The van der Waals surface area contributed by atoms with Crippen LogP contribution in [0.5, 0.6) is 0 Å². The van der Waals surface area contributed by atoms with Gasteiger partial charge in [0.2, 0.25) is 6.29 Å². The normalized spacial score (nSPS) is 46.5. The molecule has 0 amide bonds. The van der Waals surface area contributed by atoms with Gasteiger partial charge in [0.25, 0.3) is 0 Å². The van der Waals surface area contributed by atoms with E-state index in [0.717, 1.165) is 0 Å². The summed E-state index contributed by atoms with van der Waals surface area (Å²) in [7, 11) is 1.64. The zero-order chi connectivity index (χ0) is 24.3. The second kappa shape index (κ2) is 11.2. The average Bonchev–Trinajstić information content (AvgIpc) is 2.76. The van der Waals surface area contributed by atoms with Gasteiger partial charge in [0.05, 0.1) is 25.2 Å². The lowest BCUT2D eigenvalue weighted by atomic mass is 9.83. The zero-order valence-electron chi connectivity index (χ0n) is 19.6. The number of hydrogen-bond acceptors (Lipinski definition) is 12. The summed E-state index contributed by atoms with van der Waals surface area (Å²) in [5, 5.41) is 38.8. The Morgan fingerprint density at radius 3 is 2.48 bits per heavy atom. The first kappa shape index (κ1) is 26.7. The van der Waals surface area contributed by atoms with Gasteiger partial charge >= 0.3 is 0 Å². The number of hydrogen-bond donors (Lipinski definition) is 8. The number of nitrogens with two attached hydrogens (primary N) is 3. The van der Waals surface area contributed by atoms with Gasteiger partial charge in [-0.05, 0) is 39.4 Å².